The number of unbranched alkanes of at least 4 members (excludes halogenated alkanes) is 1. The van der Waals surface area contributed by atoms with Gasteiger partial charge in [0.25, 0.3) is 0 Å². The maximum atomic E-state index is 5.67. The van der Waals surface area contributed by atoms with E-state index < -0.39 is 0 Å². The first-order valence-electron chi connectivity index (χ1n) is 6.87. The van der Waals surface area contributed by atoms with Crippen LogP contribution in [0.15, 0.2) is 35.3 Å². The molecule has 1 aromatic rings. The average molecular weight is 391 g/mol. The van der Waals surface area contributed by atoms with Gasteiger partial charge in [0, 0.05) is 20.6 Å². The van der Waals surface area contributed by atoms with Crippen molar-refractivity contribution in [2.75, 3.05) is 33.8 Å². The monoisotopic (exact) mass is 391 g/mol. The van der Waals surface area contributed by atoms with Gasteiger partial charge in [0.2, 0.25) is 0 Å². The Labute approximate surface area is 139 Å². The van der Waals surface area contributed by atoms with Crippen LogP contribution in [0.5, 0.6) is 5.75 Å². The fourth-order valence-corrected chi connectivity index (χ4v) is 1.68. The minimum Gasteiger partial charge on any atom is -0.492 e. The van der Waals surface area contributed by atoms with Crippen molar-refractivity contribution < 1.29 is 4.74 Å². The third-order valence-corrected chi connectivity index (χ3v) is 2.83. The molecule has 4 nitrogen and oxygen atoms in total. The van der Waals surface area contributed by atoms with Crippen molar-refractivity contribution in [3.05, 3.63) is 30.3 Å². The smallest absolute Gasteiger partial charge is 0.193 e. The Bertz CT molecular complexity index is 371. The Morgan fingerprint density at radius 1 is 1.30 bits per heavy atom. The molecule has 0 fully saturated rings. The molecule has 5 heteroatoms. The highest BCUT2D eigenvalue weighted by Crippen LogP contribution is 2.07. The van der Waals surface area contributed by atoms with Gasteiger partial charge in [-0.3, -0.25) is 4.99 Å². The summed E-state index contributed by atoms with van der Waals surface area (Å²) in [6, 6.07) is 9.87. The lowest BCUT2D eigenvalue weighted by atomic mass is 10.3. The second kappa shape index (κ2) is 11.8. The lowest BCUT2D eigenvalue weighted by molar-refractivity contribution is 0.281. The van der Waals surface area contributed by atoms with E-state index in [9.17, 15) is 0 Å². The first-order valence-corrected chi connectivity index (χ1v) is 6.87. The Morgan fingerprint density at radius 2 is 2.00 bits per heavy atom. The van der Waals surface area contributed by atoms with Crippen LogP contribution < -0.4 is 10.1 Å². The molecular weight excluding hydrogens is 365 g/mol. The van der Waals surface area contributed by atoms with Gasteiger partial charge in [0.15, 0.2) is 5.96 Å². The van der Waals surface area contributed by atoms with Crippen LogP contribution in [-0.4, -0.2) is 44.7 Å². The Hall–Kier alpha value is -0.980. The van der Waals surface area contributed by atoms with Gasteiger partial charge in [-0.2, -0.15) is 0 Å². The van der Waals surface area contributed by atoms with Gasteiger partial charge in [0.05, 0.1) is 6.54 Å². The number of nitrogens with one attached hydrogen (secondary N) is 1. The van der Waals surface area contributed by atoms with Crippen molar-refractivity contribution in [3.63, 3.8) is 0 Å². The van der Waals surface area contributed by atoms with Crippen LogP contribution in [0.4, 0.5) is 0 Å². The maximum Gasteiger partial charge on any atom is 0.193 e. The summed E-state index contributed by atoms with van der Waals surface area (Å²) in [5.74, 6) is 1.83. The minimum atomic E-state index is 0. The highest BCUT2D eigenvalue weighted by Gasteiger charge is 2.04. The molecule has 0 unspecified atom stereocenters. The average Bonchev–Trinajstić information content (AvgIpc) is 2.44. The second-order valence-corrected chi connectivity index (χ2v) is 4.41. The molecule has 0 saturated heterocycles. The number of rotatable bonds is 7. The van der Waals surface area contributed by atoms with E-state index in [0.717, 1.165) is 31.2 Å². The van der Waals surface area contributed by atoms with Gasteiger partial charge >= 0.3 is 0 Å². The van der Waals surface area contributed by atoms with Gasteiger partial charge in [0.1, 0.15) is 12.4 Å². The SMILES string of the molecule is CCCCNC(=NC)N(C)CCOc1ccccc1.I. The Morgan fingerprint density at radius 3 is 2.60 bits per heavy atom. The molecule has 0 atom stereocenters. The normalized spacial score (nSPS) is 10.7. The summed E-state index contributed by atoms with van der Waals surface area (Å²) < 4.78 is 5.67. The highest BCUT2D eigenvalue weighted by molar-refractivity contribution is 14.0. The maximum absolute atomic E-state index is 5.67. The van der Waals surface area contributed by atoms with Crippen molar-refractivity contribution in [2.24, 2.45) is 4.99 Å². The summed E-state index contributed by atoms with van der Waals surface area (Å²) in [6.07, 6.45) is 2.35. The van der Waals surface area contributed by atoms with Gasteiger partial charge in [-0.15, -0.1) is 24.0 Å². The second-order valence-electron chi connectivity index (χ2n) is 4.41. The van der Waals surface area contributed by atoms with E-state index in [4.69, 9.17) is 4.74 Å². The van der Waals surface area contributed by atoms with Crippen molar-refractivity contribution in [3.8, 4) is 5.75 Å². The molecule has 0 radical (unpaired) electrons. The highest BCUT2D eigenvalue weighted by atomic mass is 127. The van der Waals surface area contributed by atoms with Crippen molar-refractivity contribution >= 4 is 29.9 Å². The Balaban J connectivity index is 0.00000361. The number of likely N-dealkylation sites (N-methyl/N-ethyl adjacent to an activating group) is 1. The first kappa shape index (κ1) is 19.0. The van der Waals surface area contributed by atoms with Crippen molar-refractivity contribution in [1.29, 1.82) is 0 Å². The molecule has 20 heavy (non-hydrogen) atoms. The largest absolute Gasteiger partial charge is 0.492 e. The summed E-state index contributed by atoms with van der Waals surface area (Å²) in [5.41, 5.74) is 0. The standard InChI is InChI=1S/C15H25N3O.HI/c1-4-5-11-17-15(16-2)18(3)12-13-19-14-9-7-6-8-10-14;/h6-10H,4-5,11-13H2,1-3H3,(H,16,17);1H. The zero-order chi connectivity index (χ0) is 13.9. The van der Waals surface area contributed by atoms with E-state index in [2.05, 4.69) is 22.1 Å². The van der Waals surface area contributed by atoms with E-state index in [1.165, 1.54) is 6.42 Å². The number of halogens is 1. The van der Waals surface area contributed by atoms with Crippen LogP contribution in [0, 0.1) is 0 Å². The van der Waals surface area contributed by atoms with Crippen LogP contribution in [0.25, 0.3) is 0 Å². The van der Waals surface area contributed by atoms with Gasteiger partial charge < -0.3 is 15.0 Å². The minimum absolute atomic E-state index is 0. The molecule has 0 amide bonds. The van der Waals surface area contributed by atoms with Gasteiger partial charge in [-0.25, -0.2) is 0 Å². The molecule has 0 aliphatic heterocycles. The molecular formula is C15H26IN3O. The van der Waals surface area contributed by atoms with Crippen LogP contribution in [0.3, 0.4) is 0 Å². The Kier molecular flexibility index (Phi) is 11.2. The number of nitrogens with zero attached hydrogens (tertiary/aromatic N) is 2. The van der Waals surface area contributed by atoms with E-state index in [-0.39, 0.29) is 24.0 Å². The molecule has 0 aromatic heterocycles. The number of ether oxygens (including phenoxy) is 1. The quantitative estimate of drug-likeness (QED) is 0.336. The van der Waals surface area contributed by atoms with Gasteiger partial charge in [-0.1, -0.05) is 31.5 Å². The van der Waals surface area contributed by atoms with Crippen LogP contribution in [0.1, 0.15) is 19.8 Å². The summed E-state index contributed by atoms with van der Waals surface area (Å²) in [7, 11) is 3.83. The molecule has 0 aliphatic rings. The van der Waals surface area contributed by atoms with Crippen LogP contribution >= 0.6 is 24.0 Å². The molecule has 0 heterocycles. The molecule has 114 valence electrons. The van der Waals surface area contributed by atoms with Crippen molar-refractivity contribution in [2.45, 2.75) is 19.8 Å². The molecule has 1 N–H and O–H groups in total. The van der Waals surface area contributed by atoms with Gasteiger partial charge in [-0.05, 0) is 18.6 Å². The summed E-state index contributed by atoms with van der Waals surface area (Å²) in [6.45, 7) is 4.60. The summed E-state index contributed by atoms with van der Waals surface area (Å²) in [5, 5.41) is 3.34. The number of hydrogen-bond donors (Lipinski definition) is 1. The zero-order valence-electron chi connectivity index (χ0n) is 12.6. The number of guanidine groups is 1. The fourth-order valence-electron chi connectivity index (χ4n) is 1.68. The topological polar surface area (TPSA) is 36.9 Å². The molecule has 0 saturated carbocycles. The summed E-state index contributed by atoms with van der Waals surface area (Å²) >= 11 is 0. The van der Waals surface area contributed by atoms with E-state index in [1.807, 2.05) is 44.4 Å². The van der Waals surface area contributed by atoms with E-state index in [0.29, 0.717) is 6.61 Å². The third-order valence-electron chi connectivity index (χ3n) is 2.83. The van der Waals surface area contributed by atoms with E-state index >= 15 is 0 Å². The predicted molar refractivity (Wildman–Crippen MR) is 96.3 cm³/mol. The summed E-state index contributed by atoms with van der Waals surface area (Å²) in [4.78, 5) is 6.34. The zero-order valence-corrected chi connectivity index (χ0v) is 15.0. The lowest BCUT2D eigenvalue weighted by Crippen LogP contribution is -2.41. The third kappa shape index (κ3) is 7.57. The van der Waals surface area contributed by atoms with Crippen LogP contribution in [-0.2, 0) is 0 Å². The van der Waals surface area contributed by atoms with Crippen LogP contribution in [0.2, 0.25) is 0 Å². The lowest BCUT2D eigenvalue weighted by Gasteiger charge is -2.22. The van der Waals surface area contributed by atoms with E-state index in [1.54, 1.807) is 0 Å². The predicted octanol–water partition coefficient (Wildman–Crippen LogP) is 2.99. The fraction of sp³-hybridized carbons (Fsp3) is 0.533. The molecule has 0 aliphatic carbocycles. The van der Waals surface area contributed by atoms with Crippen molar-refractivity contribution in [1.82, 2.24) is 10.2 Å². The molecule has 1 rings (SSSR count). The number of hydrogen-bond acceptors (Lipinski definition) is 2. The molecule has 1 aromatic carbocycles. The number of para-hydroxylation sites is 1. The number of benzene rings is 1. The first-order chi connectivity index (χ1) is 9.27. The number of aliphatic imine (C=N–C) groups is 1. The molecule has 0 bridgehead atoms. The molecule has 0 spiro atoms.